The van der Waals surface area contributed by atoms with Crippen molar-refractivity contribution in [2.24, 2.45) is 5.73 Å². The number of nitrogens with one attached hydrogen (secondary N) is 1. The van der Waals surface area contributed by atoms with Gasteiger partial charge in [0.15, 0.2) is 0 Å². The van der Waals surface area contributed by atoms with E-state index in [2.05, 4.69) is 5.32 Å². The molecule has 0 bridgehead atoms. The van der Waals surface area contributed by atoms with Crippen LogP contribution in [0, 0.1) is 0 Å². The van der Waals surface area contributed by atoms with E-state index < -0.39 is 0 Å². The fourth-order valence-electron chi connectivity index (χ4n) is 2.13. The first-order chi connectivity index (χ1) is 9.17. The molecule has 1 aliphatic rings. The number of rotatable bonds is 7. The summed E-state index contributed by atoms with van der Waals surface area (Å²) in [5, 5.41) is 3.01. The number of ether oxygens (including phenoxy) is 1. The highest BCUT2D eigenvalue weighted by Crippen LogP contribution is 2.11. The van der Waals surface area contributed by atoms with E-state index in [4.69, 9.17) is 10.5 Å². The molecule has 1 fully saturated rings. The molecule has 0 saturated carbocycles. The second-order valence-corrected chi connectivity index (χ2v) is 4.81. The topological polar surface area (TPSA) is 84.7 Å². The summed E-state index contributed by atoms with van der Waals surface area (Å²) in [5.41, 5.74) is 5.29. The Bertz CT molecular complexity index is 289. The lowest BCUT2D eigenvalue weighted by Gasteiger charge is -2.32. The highest BCUT2D eigenvalue weighted by atomic mass is 16.5. The Hall–Kier alpha value is -1.14. The molecule has 3 N–H and O–H groups in total. The molecule has 0 aliphatic carbocycles. The van der Waals surface area contributed by atoms with Crippen LogP contribution in [-0.2, 0) is 14.3 Å². The van der Waals surface area contributed by atoms with Crippen LogP contribution >= 0.6 is 0 Å². The summed E-state index contributed by atoms with van der Waals surface area (Å²) in [7, 11) is 0. The molecule has 2 amide bonds. The van der Waals surface area contributed by atoms with Crippen LogP contribution in [0.5, 0.6) is 0 Å². The lowest BCUT2D eigenvalue weighted by atomic mass is 10.0. The fraction of sp³-hybridized carbons (Fsp3) is 0.846. The lowest BCUT2D eigenvalue weighted by Crippen LogP contribution is -2.47. The van der Waals surface area contributed by atoms with Crippen LogP contribution in [0.4, 0.5) is 0 Å². The smallest absolute Gasteiger partial charge is 0.248 e. The zero-order chi connectivity index (χ0) is 14.1. The van der Waals surface area contributed by atoms with E-state index in [9.17, 15) is 9.59 Å². The Morgan fingerprint density at radius 2 is 2.05 bits per heavy atom. The van der Waals surface area contributed by atoms with Gasteiger partial charge in [-0.2, -0.15) is 0 Å². The van der Waals surface area contributed by atoms with E-state index >= 15 is 0 Å². The molecular weight excluding hydrogens is 246 g/mol. The van der Waals surface area contributed by atoms with E-state index in [1.807, 2.05) is 6.92 Å². The molecule has 19 heavy (non-hydrogen) atoms. The van der Waals surface area contributed by atoms with Crippen molar-refractivity contribution in [1.82, 2.24) is 10.2 Å². The van der Waals surface area contributed by atoms with Gasteiger partial charge in [-0.25, -0.2) is 0 Å². The van der Waals surface area contributed by atoms with E-state index in [-0.39, 0.29) is 24.5 Å². The summed E-state index contributed by atoms with van der Waals surface area (Å²) in [4.78, 5) is 25.0. The predicted octanol–water partition coefficient (Wildman–Crippen LogP) is -0.131. The Labute approximate surface area is 114 Å². The number of amides is 2. The number of nitrogens with zero attached hydrogens (tertiary/aromatic N) is 1. The van der Waals surface area contributed by atoms with Crippen molar-refractivity contribution in [3.63, 3.8) is 0 Å². The molecule has 6 heteroatoms. The van der Waals surface area contributed by atoms with E-state index in [0.717, 1.165) is 19.3 Å². The first-order valence-electron chi connectivity index (χ1n) is 7.02. The van der Waals surface area contributed by atoms with Crippen LogP contribution in [0.25, 0.3) is 0 Å². The predicted molar refractivity (Wildman–Crippen MR) is 72.5 cm³/mol. The van der Waals surface area contributed by atoms with Crippen molar-refractivity contribution in [2.45, 2.75) is 38.6 Å². The Morgan fingerprint density at radius 1 is 1.37 bits per heavy atom. The minimum atomic E-state index is 0.00628. The third-order valence-electron chi connectivity index (χ3n) is 3.18. The van der Waals surface area contributed by atoms with Crippen molar-refractivity contribution in [2.75, 3.05) is 32.8 Å². The SMILES string of the molecule is CCCC(=O)NC1CCN(C(=O)COCCN)CC1. The largest absolute Gasteiger partial charge is 0.370 e. The average molecular weight is 271 g/mol. The minimum absolute atomic E-state index is 0.00628. The molecule has 0 atom stereocenters. The molecule has 0 aromatic heterocycles. The van der Waals surface area contributed by atoms with Gasteiger partial charge in [-0.05, 0) is 19.3 Å². The van der Waals surface area contributed by atoms with Crippen LogP contribution in [-0.4, -0.2) is 55.6 Å². The van der Waals surface area contributed by atoms with Crippen LogP contribution in [0.15, 0.2) is 0 Å². The summed E-state index contributed by atoms with van der Waals surface area (Å²) >= 11 is 0. The monoisotopic (exact) mass is 271 g/mol. The highest BCUT2D eigenvalue weighted by Gasteiger charge is 2.23. The summed E-state index contributed by atoms with van der Waals surface area (Å²) in [5.74, 6) is 0.116. The van der Waals surface area contributed by atoms with Crippen LogP contribution in [0.1, 0.15) is 32.6 Å². The minimum Gasteiger partial charge on any atom is -0.370 e. The Kier molecular flexibility index (Phi) is 7.43. The van der Waals surface area contributed by atoms with E-state index in [0.29, 0.717) is 32.7 Å². The van der Waals surface area contributed by atoms with Gasteiger partial charge >= 0.3 is 0 Å². The quantitative estimate of drug-likeness (QED) is 0.632. The third-order valence-corrected chi connectivity index (χ3v) is 3.18. The van der Waals surface area contributed by atoms with Gasteiger partial charge in [0.2, 0.25) is 11.8 Å². The van der Waals surface area contributed by atoms with Gasteiger partial charge in [0.25, 0.3) is 0 Å². The number of piperidine rings is 1. The Morgan fingerprint density at radius 3 is 2.63 bits per heavy atom. The number of hydrogen-bond acceptors (Lipinski definition) is 4. The average Bonchev–Trinajstić information content (AvgIpc) is 2.40. The first kappa shape index (κ1) is 15.9. The highest BCUT2D eigenvalue weighted by molar-refractivity contribution is 5.78. The van der Waals surface area contributed by atoms with E-state index in [1.54, 1.807) is 4.90 Å². The number of carbonyl (C=O) groups is 2. The summed E-state index contributed by atoms with van der Waals surface area (Å²) in [6.45, 7) is 4.30. The van der Waals surface area contributed by atoms with Gasteiger partial charge in [-0.15, -0.1) is 0 Å². The molecule has 0 unspecified atom stereocenters. The zero-order valence-corrected chi connectivity index (χ0v) is 11.7. The molecule has 0 radical (unpaired) electrons. The summed E-state index contributed by atoms with van der Waals surface area (Å²) in [6.07, 6.45) is 3.07. The van der Waals surface area contributed by atoms with E-state index in [1.165, 1.54) is 0 Å². The zero-order valence-electron chi connectivity index (χ0n) is 11.7. The van der Waals surface area contributed by atoms with Crippen LogP contribution in [0.2, 0.25) is 0 Å². The number of likely N-dealkylation sites (tertiary alicyclic amines) is 1. The maximum Gasteiger partial charge on any atom is 0.248 e. The summed E-state index contributed by atoms with van der Waals surface area (Å²) < 4.78 is 5.14. The number of carbonyl (C=O) groups excluding carboxylic acids is 2. The maximum absolute atomic E-state index is 11.8. The van der Waals surface area contributed by atoms with Crippen molar-refractivity contribution in [1.29, 1.82) is 0 Å². The van der Waals surface area contributed by atoms with Gasteiger partial charge in [0.05, 0.1) is 6.61 Å². The molecule has 1 heterocycles. The maximum atomic E-state index is 11.8. The number of nitrogens with two attached hydrogens (primary N) is 1. The molecule has 1 rings (SSSR count). The second-order valence-electron chi connectivity index (χ2n) is 4.81. The van der Waals surface area contributed by atoms with Gasteiger partial charge in [0.1, 0.15) is 6.61 Å². The molecule has 1 saturated heterocycles. The molecule has 1 aliphatic heterocycles. The molecule has 6 nitrogen and oxygen atoms in total. The molecule has 0 spiro atoms. The second kappa shape index (κ2) is 8.87. The normalized spacial score (nSPS) is 16.4. The molecular formula is C13H25N3O3. The van der Waals surface area contributed by atoms with Crippen LogP contribution in [0.3, 0.4) is 0 Å². The van der Waals surface area contributed by atoms with Gasteiger partial charge in [0, 0.05) is 32.1 Å². The molecule has 0 aromatic rings. The lowest BCUT2D eigenvalue weighted by molar-refractivity contribution is -0.137. The first-order valence-corrected chi connectivity index (χ1v) is 7.02. The van der Waals surface area contributed by atoms with Crippen molar-refractivity contribution in [3.8, 4) is 0 Å². The molecule has 110 valence electrons. The van der Waals surface area contributed by atoms with Crippen molar-refractivity contribution >= 4 is 11.8 Å². The van der Waals surface area contributed by atoms with Crippen molar-refractivity contribution < 1.29 is 14.3 Å². The standard InChI is InChI=1S/C13H25N3O3/c1-2-3-12(17)15-11-4-7-16(8-5-11)13(18)10-19-9-6-14/h11H,2-10,14H2,1H3,(H,15,17). The fourth-order valence-corrected chi connectivity index (χ4v) is 2.13. The summed E-state index contributed by atoms with van der Waals surface area (Å²) in [6, 6.07) is 0.202. The molecule has 0 aromatic carbocycles. The van der Waals surface area contributed by atoms with Crippen molar-refractivity contribution in [3.05, 3.63) is 0 Å². The van der Waals surface area contributed by atoms with Gasteiger partial charge in [-0.1, -0.05) is 6.92 Å². The Balaban J connectivity index is 2.21. The number of hydrogen-bond donors (Lipinski definition) is 2. The third kappa shape index (κ3) is 6.02. The van der Waals surface area contributed by atoms with Crippen LogP contribution < -0.4 is 11.1 Å². The van der Waals surface area contributed by atoms with Gasteiger partial charge < -0.3 is 20.7 Å². The van der Waals surface area contributed by atoms with Gasteiger partial charge in [-0.3, -0.25) is 9.59 Å².